The third-order valence-corrected chi connectivity index (χ3v) is 3.28. The minimum atomic E-state index is -0.980. The number of carbonyl (C=O) groups is 2. The van der Waals surface area contributed by atoms with Crippen LogP contribution in [0.15, 0.2) is 24.3 Å². The van der Waals surface area contributed by atoms with E-state index in [9.17, 15) is 9.59 Å². The Bertz CT molecular complexity index is 439. The number of hydrogen-bond acceptors (Lipinski definition) is 2. The minimum absolute atomic E-state index is 0.0838. The Kier molecular flexibility index (Phi) is 5.55. The molecule has 0 saturated heterocycles. The standard InChI is InChI=1S/C15H21NO3/c1-4-11(3)14(15(18)19)16-13(17)9-12-7-5-10(2)6-8-12/h5-8,11,14H,4,9H2,1-3H3,(H,16,17)(H,18,19). The molecule has 1 rings (SSSR count). The molecule has 4 nitrogen and oxygen atoms in total. The summed E-state index contributed by atoms with van der Waals surface area (Å²) >= 11 is 0. The molecule has 2 unspecified atom stereocenters. The van der Waals surface area contributed by atoms with Crippen molar-refractivity contribution in [1.82, 2.24) is 5.32 Å². The van der Waals surface area contributed by atoms with E-state index in [4.69, 9.17) is 5.11 Å². The largest absolute Gasteiger partial charge is 0.480 e. The number of rotatable bonds is 6. The maximum absolute atomic E-state index is 11.9. The van der Waals surface area contributed by atoms with E-state index in [1.807, 2.05) is 45.0 Å². The van der Waals surface area contributed by atoms with Crippen LogP contribution in [0.3, 0.4) is 0 Å². The summed E-state index contributed by atoms with van der Waals surface area (Å²) in [6.07, 6.45) is 0.919. The third-order valence-electron chi connectivity index (χ3n) is 3.28. The van der Waals surface area contributed by atoms with E-state index >= 15 is 0 Å². The van der Waals surface area contributed by atoms with Crippen molar-refractivity contribution >= 4 is 11.9 Å². The van der Waals surface area contributed by atoms with Gasteiger partial charge in [-0.25, -0.2) is 4.79 Å². The minimum Gasteiger partial charge on any atom is -0.480 e. The molecule has 104 valence electrons. The van der Waals surface area contributed by atoms with Crippen LogP contribution < -0.4 is 5.32 Å². The van der Waals surface area contributed by atoms with Gasteiger partial charge >= 0.3 is 5.97 Å². The zero-order valence-corrected chi connectivity index (χ0v) is 11.6. The molecule has 0 saturated carbocycles. The molecule has 0 aromatic heterocycles. The lowest BCUT2D eigenvalue weighted by Gasteiger charge is -2.20. The van der Waals surface area contributed by atoms with Crippen LogP contribution in [0.1, 0.15) is 31.4 Å². The van der Waals surface area contributed by atoms with Gasteiger partial charge in [0.25, 0.3) is 0 Å². The van der Waals surface area contributed by atoms with Crippen molar-refractivity contribution in [2.45, 2.75) is 39.7 Å². The zero-order chi connectivity index (χ0) is 14.4. The summed E-state index contributed by atoms with van der Waals surface area (Å²) in [5.41, 5.74) is 2.02. The predicted octanol–water partition coefficient (Wildman–Crippen LogP) is 2.15. The summed E-state index contributed by atoms with van der Waals surface area (Å²) in [5, 5.41) is 11.7. The molecule has 0 spiro atoms. The van der Waals surface area contributed by atoms with Crippen molar-refractivity contribution in [2.24, 2.45) is 5.92 Å². The van der Waals surface area contributed by atoms with Gasteiger partial charge in [-0.05, 0) is 18.4 Å². The number of carboxylic acids is 1. The van der Waals surface area contributed by atoms with Gasteiger partial charge in [0.2, 0.25) is 5.91 Å². The summed E-state index contributed by atoms with van der Waals surface area (Å²) in [6.45, 7) is 5.71. The highest BCUT2D eigenvalue weighted by molar-refractivity contribution is 5.85. The number of benzene rings is 1. The number of hydrogen-bond donors (Lipinski definition) is 2. The number of carboxylic acid groups (broad SMARTS) is 1. The number of carbonyl (C=O) groups excluding carboxylic acids is 1. The van der Waals surface area contributed by atoms with E-state index < -0.39 is 12.0 Å². The monoisotopic (exact) mass is 263 g/mol. The highest BCUT2D eigenvalue weighted by atomic mass is 16.4. The quantitative estimate of drug-likeness (QED) is 0.826. The lowest BCUT2D eigenvalue weighted by atomic mass is 9.99. The molecule has 1 aromatic carbocycles. The summed E-state index contributed by atoms with van der Waals surface area (Å²) < 4.78 is 0. The van der Waals surface area contributed by atoms with E-state index in [1.165, 1.54) is 0 Å². The topological polar surface area (TPSA) is 66.4 Å². The Balaban J connectivity index is 2.62. The fourth-order valence-corrected chi connectivity index (χ4v) is 1.80. The third kappa shape index (κ3) is 4.73. The van der Waals surface area contributed by atoms with Crippen molar-refractivity contribution in [1.29, 1.82) is 0 Å². The Hall–Kier alpha value is -1.84. The lowest BCUT2D eigenvalue weighted by Crippen LogP contribution is -2.45. The Morgan fingerprint density at radius 1 is 1.26 bits per heavy atom. The van der Waals surface area contributed by atoms with Crippen LogP contribution in [0.25, 0.3) is 0 Å². The average molecular weight is 263 g/mol. The lowest BCUT2D eigenvalue weighted by molar-refractivity contribution is -0.143. The van der Waals surface area contributed by atoms with Gasteiger partial charge in [-0.3, -0.25) is 4.79 Å². The molecular formula is C15H21NO3. The van der Waals surface area contributed by atoms with Crippen LogP contribution in [0.2, 0.25) is 0 Å². The molecule has 0 heterocycles. The SMILES string of the molecule is CCC(C)C(NC(=O)Cc1ccc(C)cc1)C(=O)O. The van der Waals surface area contributed by atoms with Crippen molar-refractivity contribution in [3.05, 3.63) is 35.4 Å². The van der Waals surface area contributed by atoms with Crippen LogP contribution in [0, 0.1) is 12.8 Å². The van der Waals surface area contributed by atoms with Crippen molar-refractivity contribution in [2.75, 3.05) is 0 Å². The molecule has 0 aliphatic rings. The molecule has 0 radical (unpaired) electrons. The molecule has 0 aliphatic carbocycles. The maximum atomic E-state index is 11.9. The molecule has 19 heavy (non-hydrogen) atoms. The van der Waals surface area contributed by atoms with E-state index in [0.29, 0.717) is 6.42 Å². The van der Waals surface area contributed by atoms with E-state index in [-0.39, 0.29) is 18.2 Å². The highest BCUT2D eigenvalue weighted by Gasteiger charge is 2.25. The van der Waals surface area contributed by atoms with E-state index in [0.717, 1.165) is 11.1 Å². The number of aliphatic carboxylic acids is 1. The summed E-state index contributed by atoms with van der Waals surface area (Å²) in [5.74, 6) is -1.32. The van der Waals surface area contributed by atoms with Gasteiger partial charge < -0.3 is 10.4 Å². The molecule has 0 bridgehead atoms. The highest BCUT2D eigenvalue weighted by Crippen LogP contribution is 2.09. The Labute approximate surface area is 113 Å². The molecule has 0 aliphatic heterocycles. The molecule has 1 amide bonds. The molecule has 2 atom stereocenters. The van der Waals surface area contributed by atoms with Crippen molar-refractivity contribution in [3.63, 3.8) is 0 Å². The van der Waals surface area contributed by atoms with E-state index in [2.05, 4.69) is 5.32 Å². The predicted molar refractivity (Wildman–Crippen MR) is 73.9 cm³/mol. The first-order valence-electron chi connectivity index (χ1n) is 6.51. The number of nitrogens with one attached hydrogen (secondary N) is 1. The van der Waals surface area contributed by atoms with Crippen molar-refractivity contribution < 1.29 is 14.7 Å². The molecule has 2 N–H and O–H groups in total. The van der Waals surface area contributed by atoms with Crippen LogP contribution in [0.5, 0.6) is 0 Å². The average Bonchev–Trinajstić information content (AvgIpc) is 2.37. The summed E-state index contributed by atoms with van der Waals surface area (Å²) in [6, 6.07) is 6.82. The first-order valence-corrected chi connectivity index (χ1v) is 6.51. The fourth-order valence-electron chi connectivity index (χ4n) is 1.80. The van der Waals surface area contributed by atoms with Gasteiger partial charge in [-0.2, -0.15) is 0 Å². The van der Waals surface area contributed by atoms with Gasteiger partial charge in [0.1, 0.15) is 6.04 Å². The molecular weight excluding hydrogens is 242 g/mol. The van der Waals surface area contributed by atoms with Gasteiger partial charge in [0.15, 0.2) is 0 Å². The van der Waals surface area contributed by atoms with Gasteiger partial charge in [-0.15, -0.1) is 0 Å². The first-order chi connectivity index (χ1) is 8.93. The Morgan fingerprint density at radius 2 is 1.84 bits per heavy atom. The normalized spacial score (nSPS) is 13.6. The van der Waals surface area contributed by atoms with E-state index in [1.54, 1.807) is 0 Å². The van der Waals surface area contributed by atoms with Gasteiger partial charge in [0, 0.05) is 0 Å². The molecule has 4 heteroatoms. The second-order valence-corrected chi connectivity index (χ2v) is 4.93. The zero-order valence-electron chi connectivity index (χ0n) is 11.6. The molecule has 0 fully saturated rings. The summed E-state index contributed by atoms with van der Waals surface area (Å²) in [4.78, 5) is 23.0. The molecule has 1 aromatic rings. The first kappa shape index (κ1) is 15.2. The second-order valence-electron chi connectivity index (χ2n) is 4.93. The maximum Gasteiger partial charge on any atom is 0.326 e. The van der Waals surface area contributed by atoms with Gasteiger partial charge in [0.05, 0.1) is 6.42 Å². The number of aryl methyl sites for hydroxylation is 1. The van der Waals surface area contributed by atoms with Gasteiger partial charge in [-0.1, -0.05) is 50.1 Å². The smallest absolute Gasteiger partial charge is 0.326 e. The van der Waals surface area contributed by atoms with Crippen LogP contribution in [0.4, 0.5) is 0 Å². The van der Waals surface area contributed by atoms with Crippen LogP contribution in [-0.4, -0.2) is 23.0 Å². The van der Waals surface area contributed by atoms with Crippen LogP contribution in [-0.2, 0) is 16.0 Å². The second kappa shape index (κ2) is 6.92. The Morgan fingerprint density at radius 3 is 2.32 bits per heavy atom. The summed E-state index contributed by atoms with van der Waals surface area (Å²) in [7, 11) is 0. The fraction of sp³-hybridized carbons (Fsp3) is 0.467. The van der Waals surface area contributed by atoms with Crippen molar-refractivity contribution in [3.8, 4) is 0 Å². The van der Waals surface area contributed by atoms with Crippen LogP contribution >= 0.6 is 0 Å². The number of amides is 1.